The molecule has 3 aromatic carbocycles. The highest BCUT2D eigenvalue weighted by atomic mass is 79.9. The highest BCUT2D eigenvalue weighted by Crippen LogP contribution is 2.48. The number of aromatic amines is 1. The van der Waals surface area contributed by atoms with E-state index in [0.717, 1.165) is 44.2 Å². The van der Waals surface area contributed by atoms with Gasteiger partial charge in [0.05, 0.1) is 12.2 Å². The van der Waals surface area contributed by atoms with Crippen molar-refractivity contribution in [3.05, 3.63) is 106 Å². The number of H-pyrrole nitrogens is 1. The highest BCUT2D eigenvalue weighted by Gasteiger charge is 2.56. The Balaban J connectivity index is 1.45. The Labute approximate surface area is 212 Å². The van der Waals surface area contributed by atoms with Crippen molar-refractivity contribution in [1.82, 2.24) is 14.8 Å². The number of nitrogens with one attached hydrogen (secondary N) is 1. The van der Waals surface area contributed by atoms with Gasteiger partial charge in [-0.2, -0.15) is 0 Å². The lowest BCUT2D eigenvalue weighted by Gasteiger charge is -2.51. The second kappa shape index (κ2) is 8.38. The summed E-state index contributed by atoms with van der Waals surface area (Å²) in [6.07, 6.45) is 0.719. The Hall–Kier alpha value is -3.38. The number of halogens is 1. The molecule has 5 nitrogen and oxygen atoms in total. The van der Waals surface area contributed by atoms with Crippen molar-refractivity contribution in [1.29, 1.82) is 0 Å². The molecule has 35 heavy (non-hydrogen) atoms. The zero-order valence-corrected chi connectivity index (χ0v) is 21.1. The van der Waals surface area contributed by atoms with Crippen LogP contribution in [0.5, 0.6) is 0 Å². The summed E-state index contributed by atoms with van der Waals surface area (Å²) in [7, 11) is 0. The summed E-state index contributed by atoms with van der Waals surface area (Å²) in [5.41, 5.74) is 4.17. The number of amides is 2. The minimum atomic E-state index is -1.06. The van der Waals surface area contributed by atoms with Crippen LogP contribution in [0.4, 0.5) is 0 Å². The van der Waals surface area contributed by atoms with Crippen LogP contribution in [0.15, 0.2) is 83.3 Å². The average Bonchev–Trinajstić information content (AvgIpc) is 3.28. The SMILES string of the molecule is C[C@]12C(=O)N(CCc3ccccc3)CC(=O)N1C[C@H](c1ccc(Br)cc1)c1c2[nH]c2ccccc12. The minimum Gasteiger partial charge on any atom is -0.356 e. The molecule has 3 heterocycles. The first kappa shape index (κ1) is 22.1. The largest absolute Gasteiger partial charge is 0.356 e. The number of benzene rings is 3. The summed E-state index contributed by atoms with van der Waals surface area (Å²) in [6, 6.07) is 26.6. The fourth-order valence-corrected chi connectivity index (χ4v) is 6.02. The lowest BCUT2D eigenvalue weighted by molar-refractivity contribution is -0.166. The normalized spacial score (nSPS) is 21.8. The number of fused-ring (bicyclic) bond motifs is 5. The van der Waals surface area contributed by atoms with Crippen molar-refractivity contribution in [2.75, 3.05) is 19.6 Å². The van der Waals surface area contributed by atoms with E-state index in [1.165, 1.54) is 0 Å². The van der Waals surface area contributed by atoms with Gasteiger partial charge >= 0.3 is 0 Å². The molecule has 176 valence electrons. The van der Waals surface area contributed by atoms with E-state index in [4.69, 9.17) is 0 Å². The molecule has 2 atom stereocenters. The van der Waals surface area contributed by atoms with Crippen LogP contribution in [-0.4, -0.2) is 46.2 Å². The predicted molar refractivity (Wildman–Crippen MR) is 140 cm³/mol. The molecular weight excluding hydrogens is 502 g/mol. The molecule has 1 N–H and O–H groups in total. The second-order valence-electron chi connectivity index (χ2n) is 9.60. The van der Waals surface area contributed by atoms with Gasteiger partial charge in [0.25, 0.3) is 5.91 Å². The Morgan fingerprint density at radius 3 is 2.46 bits per heavy atom. The van der Waals surface area contributed by atoms with Gasteiger partial charge in [-0.3, -0.25) is 9.59 Å². The molecule has 0 unspecified atom stereocenters. The van der Waals surface area contributed by atoms with Crippen LogP contribution in [0.25, 0.3) is 10.9 Å². The first-order chi connectivity index (χ1) is 17.0. The Kier molecular flexibility index (Phi) is 5.29. The molecular formula is C29H26BrN3O2. The van der Waals surface area contributed by atoms with Crippen molar-refractivity contribution >= 4 is 38.6 Å². The van der Waals surface area contributed by atoms with E-state index in [1.807, 2.05) is 55.5 Å². The van der Waals surface area contributed by atoms with E-state index >= 15 is 0 Å². The maximum atomic E-state index is 14.1. The number of para-hydroxylation sites is 1. The number of carbonyl (C=O) groups excluding carboxylic acids is 2. The molecule has 1 aromatic heterocycles. The van der Waals surface area contributed by atoms with E-state index in [1.54, 1.807) is 9.80 Å². The number of hydrogen-bond acceptors (Lipinski definition) is 2. The average molecular weight is 528 g/mol. The van der Waals surface area contributed by atoms with Gasteiger partial charge in [-0.15, -0.1) is 0 Å². The summed E-state index contributed by atoms with van der Waals surface area (Å²) < 4.78 is 1.01. The zero-order chi connectivity index (χ0) is 24.2. The van der Waals surface area contributed by atoms with E-state index in [0.29, 0.717) is 13.1 Å². The number of aromatic nitrogens is 1. The molecule has 0 radical (unpaired) electrons. The van der Waals surface area contributed by atoms with Gasteiger partial charge in [0.2, 0.25) is 5.91 Å². The highest BCUT2D eigenvalue weighted by molar-refractivity contribution is 9.10. The van der Waals surface area contributed by atoms with Crippen LogP contribution in [0.2, 0.25) is 0 Å². The number of rotatable bonds is 4. The summed E-state index contributed by atoms with van der Waals surface area (Å²) in [6.45, 7) is 3.02. The molecule has 0 bridgehead atoms. The standard InChI is InChI=1S/C29H26BrN3O2/c1-29-27-26(22-9-5-6-10-24(22)31-27)23(20-11-13-21(30)14-12-20)17-33(29)25(34)18-32(28(29)35)16-15-19-7-3-2-4-8-19/h2-14,23,31H,15-18H2,1H3/t23-,29+/m1/s1. The quantitative estimate of drug-likeness (QED) is 0.396. The zero-order valence-electron chi connectivity index (χ0n) is 19.5. The van der Waals surface area contributed by atoms with Gasteiger partial charge in [-0.1, -0.05) is 76.6 Å². The molecule has 6 heteroatoms. The summed E-state index contributed by atoms with van der Waals surface area (Å²) in [4.78, 5) is 34.8. The van der Waals surface area contributed by atoms with Gasteiger partial charge < -0.3 is 14.8 Å². The van der Waals surface area contributed by atoms with Crippen LogP contribution < -0.4 is 0 Å². The van der Waals surface area contributed by atoms with Gasteiger partial charge in [-0.25, -0.2) is 0 Å². The molecule has 6 rings (SSSR count). The third-order valence-corrected chi connectivity index (χ3v) is 8.13. The molecule has 1 fully saturated rings. The van der Waals surface area contributed by atoms with E-state index in [-0.39, 0.29) is 24.3 Å². The Bertz CT molecular complexity index is 1430. The molecule has 0 saturated carbocycles. The van der Waals surface area contributed by atoms with E-state index in [2.05, 4.69) is 51.2 Å². The van der Waals surface area contributed by atoms with Gasteiger partial charge in [0.1, 0.15) is 0 Å². The maximum Gasteiger partial charge on any atom is 0.254 e. The summed E-state index contributed by atoms with van der Waals surface area (Å²) in [5, 5.41) is 1.11. The number of carbonyl (C=O) groups is 2. The minimum absolute atomic E-state index is 0.00780. The third-order valence-electron chi connectivity index (χ3n) is 7.60. The monoisotopic (exact) mass is 527 g/mol. The van der Waals surface area contributed by atoms with Gasteiger partial charge in [-0.05, 0) is 48.2 Å². The van der Waals surface area contributed by atoms with E-state index < -0.39 is 5.54 Å². The molecule has 0 aliphatic carbocycles. The van der Waals surface area contributed by atoms with Crippen LogP contribution >= 0.6 is 15.9 Å². The number of piperazine rings is 1. The number of hydrogen-bond donors (Lipinski definition) is 1. The van der Waals surface area contributed by atoms with Gasteiger partial charge in [0, 0.05) is 34.4 Å². The Morgan fingerprint density at radius 2 is 1.69 bits per heavy atom. The van der Waals surface area contributed by atoms with Crippen LogP contribution in [0.1, 0.15) is 35.2 Å². The topological polar surface area (TPSA) is 56.4 Å². The van der Waals surface area contributed by atoms with Crippen molar-refractivity contribution in [3.8, 4) is 0 Å². The van der Waals surface area contributed by atoms with Crippen LogP contribution in [-0.2, 0) is 21.5 Å². The van der Waals surface area contributed by atoms with E-state index in [9.17, 15) is 9.59 Å². The van der Waals surface area contributed by atoms with Crippen LogP contribution in [0.3, 0.4) is 0 Å². The molecule has 1 saturated heterocycles. The van der Waals surface area contributed by atoms with Crippen molar-refractivity contribution in [2.24, 2.45) is 0 Å². The fourth-order valence-electron chi connectivity index (χ4n) is 5.76. The molecule has 2 aliphatic heterocycles. The van der Waals surface area contributed by atoms with Crippen molar-refractivity contribution < 1.29 is 9.59 Å². The third kappa shape index (κ3) is 3.50. The lowest BCUT2D eigenvalue weighted by atomic mass is 9.76. The van der Waals surface area contributed by atoms with Gasteiger partial charge in [0.15, 0.2) is 5.54 Å². The smallest absolute Gasteiger partial charge is 0.254 e. The molecule has 0 spiro atoms. The first-order valence-corrected chi connectivity index (χ1v) is 12.8. The second-order valence-corrected chi connectivity index (χ2v) is 10.5. The summed E-state index contributed by atoms with van der Waals surface area (Å²) >= 11 is 3.53. The lowest BCUT2D eigenvalue weighted by Crippen LogP contribution is -2.67. The molecule has 4 aromatic rings. The summed E-state index contributed by atoms with van der Waals surface area (Å²) in [5.74, 6) is -0.0448. The molecule has 2 aliphatic rings. The fraction of sp³-hybridized carbons (Fsp3) is 0.241. The first-order valence-electron chi connectivity index (χ1n) is 12.0. The van der Waals surface area contributed by atoms with Crippen LogP contribution in [0, 0.1) is 0 Å². The predicted octanol–water partition coefficient (Wildman–Crippen LogP) is 5.20. The number of nitrogens with zero attached hydrogens (tertiary/aromatic N) is 2. The van der Waals surface area contributed by atoms with Crippen molar-refractivity contribution in [3.63, 3.8) is 0 Å². The maximum absolute atomic E-state index is 14.1. The molecule has 2 amide bonds. The van der Waals surface area contributed by atoms with Crippen molar-refractivity contribution in [2.45, 2.75) is 24.8 Å². The Morgan fingerprint density at radius 1 is 0.971 bits per heavy atom.